The Bertz CT molecular complexity index is 353. The number of carbonyl (C=O) groups is 2. The van der Waals surface area contributed by atoms with Crippen LogP contribution in [0.1, 0.15) is 10.4 Å². The summed E-state index contributed by atoms with van der Waals surface area (Å²) in [7, 11) is 0. The molecule has 0 aliphatic carbocycles. The van der Waals surface area contributed by atoms with Crippen LogP contribution in [0.25, 0.3) is 0 Å². The van der Waals surface area contributed by atoms with Gasteiger partial charge in [-0.3, -0.25) is 15.1 Å². The Kier molecular flexibility index (Phi) is 2.81. The molecule has 0 saturated carbocycles. The van der Waals surface area contributed by atoms with Gasteiger partial charge in [-0.15, -0.1) is 0 Å². The van der Waals surface area contributed by atoms with E-state index in [1.54, 1.807) is 0 Å². The summed E-state index contributed by atoms with van der Waals surface area (Å²) in [5, 5.41) is 2.06. The number of urea groups is 1. The molecular weight excluding hydrogens is 194 g/mol. The van der Waals surface area contributed by atoms with Crippen LogP contribution in [-0.4, -0.2) is 16.9 Å². The first-order chi connectivity index (χ1) is 6.11. The number of pyridine rings is 1. The van der Waals surface area contributed by atoms with Crippen LogP contribution in [0.2, 0.25) is 5.02 Å². The van der Waals surface area contributed by atoms with Crippen LogP contribution in [-0.2, 0) is 0 Å². The smallest absolute Gasteiger partial charge is 0.319 e. The van der Waals surface area contributed by atoms with Crippen molar-refractivity contribution in [2.75, 3.05) is 0 Å². The quantitative estimate of drug-likeness (QED) is 0.693. The minimum atomic E-state index is -0.919. The summed E-state index contributed by atoms with van der Waals surface area (Å²) in [4.78, 5) is 25.2. The Hall–Kier alpha value is -1.62. The molecule has 0 bridgehead atoms. The Morgan fingerprint density at radius 1 is 1.54 bits per heavy atom. The average Bonchev–Trinajstić information content (AvgIpc) is 2.03. The first-order valence-corrected chi connectivity index (χ1v) is 3.69. The fourth-order valence-electron chi connectivity index (χ4n) is 0.739. The molecule has 5 nitrogen and oxygen atoms in total. The van der Waals surface area contributed by atoms with Crippen molar-refractivity contribution in [3.8, 4) is 0 Å². The predicted molar refractivity (Wildman–Crippen MR) is 46.3 cm³/mol. The third-order valence-corrected chi connectivity index (χ3v) is 1.55. The zero-order chi connectivity index (χ0) is 9.84. The molecule has 0 spiro atoms. The molecule has 1 rings (SSSR count). The molecule has 0 atom stereocenters. The number of hydrogen-bond acceptors (Lipinski definition) is 3. The number of rotatable bonds is 1. The van der Waals surface area contributed by atoms with Crippen molar-refractivity contribution < 1.29 is 9.59 Å². The van der Waals surface area contributed by atoms with Gasteiger partial charge in [-0.25, -0.2) is 4.79 Å². The molecule has 0 aliphatic rings. The molecule has 1 aromatic heterocycles. The highest BCUT2D eigenvalue weighted by Crippen LogP contribution is 2.12. The van der Waals surface area contributed by atoms with Gasteiger partial charge in [0.25, 0.3) is 5.91 Å². The fraction of sp³-hybridized carbons (Fsp3) is 0. The van der Waals surface area contributed by atoms with Crippen LogP contribution in [0.15, 0.2) is 18.5 Å². The van der Waals surface area contributed by atoms with Gasteiger partial charge in [0.2, 0.25) is 0 Å². The van der Waals surface area contributed by atoms with Crippen LogP contribution in [0.5, 0.6) is 0 Å². The maximum Gasteiger partial charge on any atom is 0.319 e. The molecule has 6 heteroatoms. The van der Waals surface area contributed by atoms with E-state index >= 15 is 0 Å². The zero-order valence-corrected chi connectivity index (χ0v) is 7.21. The van der Waals surface area contributed by atoms with Crippen LogP contribution in [0.3, 0.4) is 0 Å². The van der Waals surface area contributed by atoms with E-state index in [-0.39, 0.29) is 10.6 Å². The normalized spacial score (nSPS) is 9.31. The maximum absolute atomic E-state index is 11.2. The van der Waals surface area contributed by atoms with E-state index in [1.807, 2.05) is 5.32 Å². The molecule has 13 heavy (non-hydrogen) atoms. The fourth-order valence-corrected chi connectivity index (χ4v) is 0.944. The molecule has 68 valence electrons. The van der Waals surface area contributed by atoms with Crippen LogP contribution < -0.4 is 11.1 Å². The van der Waals surface area contributed by atoms with Gasteiger partial charge in [0, 0.05) is 12.4 Å². The molecule has 0 radical (unpaired) electrons. The Morgan fingerprint density at radius 2 is 2.23 bits per heavy atom. The number of primary amides is 1. The first kappa shape index (κ1) is 9.47. The van der Waals surface area contributed by atoms with Crippen molar-refractivity contribution >= 4 is 23.5 Å². The molecule has 0 unspecified atom stereocenters. The molecule has 1 aromatic rings. The number of nitrogens with one attached hydrogen (secondary N) is 1. The van der Waals surface area contributed by atoms with Crippen molar-refractivity contribution in [3.05, 3.63) is 29.0 Å². The highest BCUT2D eigenvalue weighted by atomic mass is 35.5. The number of nitrogens with two attached hydrogens (primary N) is 1. The third-order valence-electron chi connectivity index (χ3n) is 1.25. The van der Waals surface area contributed by atoms with E-state index in [2.05, 4.69) is 4.98 Å². The summed E-state index contributed by atoms with van der Waals surface area (Å²) in [6.07, 6.45) is 2.69. The molecule has 0 saturated heterocycles. The number of imide groups is 1. The van der Waals surface area contributed by atoms with Gasteiger partial charge in [0.15, 0.2) is 0 Å². The second kappa shape index (κ2) is 3.86. The van der Waals surface area contributed by atoms with Crippen LogP contribution >= 0.6 is 11.6 Å². The monoisotopic (exact) mass is 199 g/mol. The second-order valence-corrected chi connectivity index (χ2v) is 2.58. The first-order valence-electron chi connectivity index (χ1n) is 3.31. The molecule has 0 fully saturated rings. The number of hydrogen-bond donors (Lipinski definition) is 2. The summed E-state index contributed by atoms with van der Waals surface area (Å²) < 4.78 is 0. The van der Waals surface area contributed by atoms with E-state index in [0.29, 0.717) is 0 Å². The summed E-state index contributed by atoms with van der Waals surface area (Å²) in [5.41, 5.74) is 4.91. The largest absolute Gasteiger partial charge is 0.351 e. The predicted octanol–water partition coefficient (Wildman–Crippen LogP) is 0.543. The van der Waals surface area contributed by atoms with Gasteiger partial charge in [-0.2, -0.15) is 0 Å². The Balaban J connectivity index is 2.89. The van der Waals surface area contributed by atoms with E-state index in [9.17, 15) is 9.59 Å². The lowest BCUT2D eigenvalue weighted by Crippen LogP contribution is -2.35. The standard InChI is InChI=1S/C7H6ClN3O2/c8-5-3-10-2-1-4(5)6(12)11-7(9)13/h1-3H,(H3,9,11,12,13). The number of aromatic nitrogens is 1. The minimum Gasteiger partial charge on any atom is -0.351 e. The Morgan fingerprint density at radius 3 is 2.77 bits per heavy atom. The number of halogens is 1. The van der Waals surface area contributed by atoms with Crippen molar-refractivity contribution in [3.63, 3.8) is 0 Å². The molecule has 0 aromatic carbocycles. The van der Waals surface area contributed by atoms with Crippen molar-refractivity contribution in [2.45, 2.75) is 0 Å². The van der Waals surface area contributed by atoms with Gasteiger partial charge in [-0.05, 0) is 6.07 Å². The van der Waals surface area contributed by atoms with Crippen molar-refractivity contribution in [1.82, 2.24) is 10.3 Å². The second-order valence-electron chi connectivity index (χ2n) is 2.17. The van der Waals surface area contributed by atoms with Gasteiger partial charge in [0.1, 0.15) is 0 Å². The van der Waals surface area contributed by atoms with Gasteiger partial charge < -0.3 is 5.73 Å². The summed E-state index contributed by atoms with van der Waals surface area (Å²) in [5.74, 6) is -0.639. The zero-order valence-electron chi connectivity index (χ0n) is 6.45. The molecule has 3 N–H and O–H groups in total. The SMILES string of the molecule is NC(=O)NC(=O)c1ccncc1Cl. The highest BCUT2D eigenvalue weighted by molar-refractivity contribution is 6.34. The number of nitrogens with zero attached hydrogens (tertiary/aromatic N) is 1. The highest BCUT2D eigenvalue weighted by Gasteiger charge is 2.10. The lowest BCUT2D eigenvalue weighted by atomic mass is 10.2. The lowest BCUT2D eigenvalue weighted by molar-refractivity contribution is 0.0966. The van der Waals surface area contributed by atoms with Crippen LogP contribution in [0.4, 0.5) is 4.79 Å². The maximum atomic E-state index is 11.2. The number of carbonyl (C=O) groups excluding carboxylic acids is 2. The topological polar surface area (TPSA) is 85.1 Å². The summed E-state index contributed by atoms with van der Waals surface area (Å²) in [6, 6.07) is 0.471. The van der Waals surface area contributed by atoms with Gasteiger partial charge >= 0.3 is 6.03 Å². The minimum absolute atomic E-state index is 0.162. The average molecular weight is 200 g/mol. The van der Waals surface area contributed by atoms with Crippen LogP contribution in [0, 0.1) is 0 Å². The molecule has 1 heterocycles. The van der Waals surface area contributed by atoms with E-state index in [4.69, 9.17) is 17.3 Å². The third kappa shape index (κ3) is 2.41. The van der Waals surface area contributed by atoms with E-state index < -0.39 is 11.9 Å². The summed E-state index contributed by atoms with van der Waals surface area (Å²) >= 11 is 5.63. The van der Waals surface area contributed by atoms with Gasteiger partial charge in [0.05, 0.1) is 10.6 Å². The molecular formula is C7H6ClN3O2. The molecule has 3 amide bonds. The van der Waals surface area contributed by atoms with Gasteiger partial charge in [-0.1, -0.05) is 11.6 Å². The van der Waals surface area contributed by atoms with Crippen molar-refractivity contribution in [1.29, 1.82) is 0 Å². The van der Waals surface area contributed by atoms with E-state index in [0.717, 1.165) is 0 Å². The van der Waals surface area contributed by atoms with Crippen molar-refractivity contribution in [2.24, 2.45) is 5.73 Å². The Labute approximate surface area is 78.9 Å². The van der Waals surface area contributed by atoms with E-state index in [1.165, 1.54) is 18.5 Å². The molecule has 0 aliphatic heterocycles. The summed E-state index contributed by atoms with van der Waals surface area (Å²) in [6.45, 7) is 0. The number of amides is 3. The lowest BCUT2D eigenvalue weighted by Gasteiger charge is -2.01.